The zero-order valence-electron chi connectivity index (χ0n) is 13.7. The summed E-state index contributed by atoms with van der Waals surface area (Å²) in [5, 5.41) is 9.51. The van der Waals surface area contributed by atoms with Crippen molar-refractivity contribution in [2.45, 2.75) is 59.8 Å². The Hall–Kier alpha value is -1.57. The molecule has 0 unspecified atom stereocenters. The van der Waals surface area contributed by atoms with Gasteiger partial charge in [-0.2, -0.15) is 0 Å². The van der Waals surface area contributed by atoms with Gasteiger partial charge < -0.3 is 5.11 Å². The van der Waals surface area contributed by atoms with Gasteiger partial charge in [-0.3, -0.25) is 4.79 Å². The summed E-state index contributed by atoms with van der Waals surface area (Å²) in [6.45, 7) is 12.0. The van der Waals surface area contributed by atoms with E-state index in [0.717, 1.165) is 6.42 Å². The maximum Gasteiger partial charge on any atom is 0.155 e. The lowest BCUT2D eigenvalue weighted by Crippen LogP contribution is -2.10. The standard InChI is InChI=1S/C16H22O2.C2H6/c1-12(17)11-15(18)10-7-13-5-8-14(9-6-13)16(2,3)4;1-2/h5-6,8-9,11,18H,7,10H2,1-4H3;1-2H3/b15-11-;. The molecule has 0 bridgehead atoms. The van der Waals surface area contributed by atoms with Crippen molar-refractivity contribution in [1.29, 1.82) is 0 Å². The van der Waals surface area contributed by atoms with Gasteiger partial charge in [0.05, 0.1) is 5.76 Å². The molecule has 2 nitrogen and oxygen atoms in total. The monoisotopic (exact) mass is 276 g/mol. The number of aryl methyl sites for hydroxylation is 1. The first-order valence-electron chi connectivity index (χ1n) is 7.28. The van der Waals surface area contributed by atoms with E-state index < -0.39 is 0 Å². The Kier molecular flexibility index (Phi) is 7.90. The number of ketones is 1. The third-order valence-corrected chi connectivity index (χ3v) is 2.86. The minimum atomic E-state index is -0.115. The maximum atomic E-state index is 10.8. The molecule has 0 aliphatic rings. The molecule has 0 atom stereocenters. The fourth-order valence-corrected chi connectivity index (χ4v) is 1.75. The molecule has 0 saturated carbocycles. The second kappa shape index (κ2) is 8.57. The van der Waals surface area contributed by atoms with E-state index in [1.54, 1.807) is 0 Å². The normalized spacial score (nSPS) is 11.6. The molecule has 0 aliphatic heterocycles. The van der Waals surface area contributed by atoms with E-state index >= 15 is 0 Å². The van der Waals surface area contributed by atoms with Crippen LogP contribution in [0.3, 0.4) is 0 Å². The highest BCUT2D eigenvalue weighted by Gasteiger charge is 2.12. The Bertz CT molecular complexity index is 433. The molecule has 112 valence electrons. The summed E-state index contributed by atoms with van der Waals surface area (Å²) in [4.78, 5) is 10.8. The predicted octanol–water partition coefficient (Wildman–Crippen LogP) is 4.97. The van der Waals surface area contributed by atoms with Crippen molar-refractivity contribution in [3.05, 3.63) is 47.2 Å². The quantitative estimate of drug-likeness (QED) is 0.622. The second-order valence-corrected chi connectivity index (χ2v) is 5.69. The van der Waals surface area contributed by atoms with E-state index in [1.165, 1.54) is 24.1 Å². The van der Waals surface area contributed by atoms with E-state index in [0.29, 0.717) is 6.42 Å². The van der Waals surface area contributed by atoms with Crippen LogP contribution in [0.4, 0.5) is 0 Å². The number of allylic oxidation sites excluding steroid dienone is 2. The molecular weight excluding hydrogens is 248 g/mol. The fourth-order valence-electron chi connectivity index (χ4n) is 1.75. The molecule has 0 aromatic heterocycles. The number of aliphatic hydroxyl groups excluding tert-OH is 1. The lowest BCUT2D eigenvalue weighted by Gasteiger charge is -2.19. The Balaban J connectivity index is 0.00000172. The minimum Gasteiger partial charge on any atom is -0.512 e. The van der Waals surface area contributed by atoms with Crippen LogP contribution >= 0.6 is 0 Å². The van der Waals surface area contributed by atoms with Crippen molar-refractivity contribution in [3.8, 4) is 0 Å². The molecule has 0 aliphatic carbocycles. The van der Waals surface area contributed by atoms with E-state index in [4.69, 9.17) is 0 Å². The number of aliphatic hydroxyl groups is 1. The Morgan fingerprint density at radius 2 is 1.65 bits per heavy atom. The number of hydrogen-bond donors (Lipinski definition) is 1. The van der Waals surface area contributed by atoms with E-state index in [1.807, 2.05) is 13.8 Å². The van der Waals surface area contributed by atoms with Gasteiger partial charge in [0.15, 0.2) is 5.78 Å². The van der Waals surface area contributed by atoms with Crippen LogP contribution in [0.1, 0.15) is 59.1 Å². The van der Waals surface area contributed by atoms with E-state index in [9.17, 15) is 9.90 Å². The second-order valence-electron chi connectivity index (χ2n) is 5.69. The number of hydrogen-bond acceptors (Lipinski definition) is 2. The van der Waals surface area contributed by atoms with Crippen LogP contribution < -0.4 is 0 Å². The molecule has 0 heterocycles. The lowest BCUT2D eigenvalue weighted by molar-refractivity contribution is -0.112. The third kappa shape index (κ3) is 7.13. The summed E-state index contributed by atoms with van der Waals surface area (Å²) >= 11 is 0. The van der Waals surface area contributed by atoms with Crippen LogP contribution in [0.2, 0.25) is 0 Å². The predicted molar refractivity (Wildman–Crippen MR) is 86.2 cm³/mol. The van der Waals surface area contributed by atoms with Crippen molar-refractivity contribution in [1.82, 2.24) is 0 Å². The molecule has 0 spiro atoms. The first-order valence-corrected chi connectivity index (χ1v) is 7.28. The van der Waals surface area contributed by atoms with Gasteiger partial charge in [0.2, 0.25) is 0 Å². The number of carbonyl (C=O) groups is 1. The van der Waals surface area contributed by atoms with Crippen molar-refractivity contribution < 1.29 is 9.90 Å². The van der Waals surface area contributed by atoms with Gasteiger partial charge in [-0.25, -0.2) is 0 Å². The number of rotatable bonds is 4. The molecule has 0 amide bonds. The van der Waals surface area contributed by atoms with E-state index in [2.05, 4.69) is 45.0 Å². The molecule has 1 aromatic carbocycles. The Morgan fingerprint density at radius 1 is 1.15 bits per heavy atom. The molecule has 0 saturated heterocycles. The van der Waals surface area contributed by atoms with E-state index in [-0.39, 0.29) is 17.0 Å². The van der Waals surface area contributed by atoms with Gasteiger partial charge in [-0.05, 0) is 29.9 Å². The molecule has 1 rings (SSSR count). The summed E-state index contributed by atoms with van der Waals surface area (Å²) < 4.78 is 0. The van der Waals surface area contributed by atoms with Crippen LogP contribution in [0.5, 0.6) is 0 Å². The largest absolute Gasteiger partial charge is 0.512 e. The van der Waals surface area contributed by atoms with Crippen LogP contribution in [-0.2, 0) is 16.6 Å². The van der Waals surface area contributed by atoms with Crippen LogP contribution in [0.25, 0.3) is 0 Å². The highest BCUT2D eigenvalue weighted by molar-refractivity contribution is 5.87. The lowest BCUT2D eigenvalue weighted by atomic mass is 9.86. The average molecular weight is 276 g/mol. The molecular formula is C18H28O2. The number of carbonyl (C=O) groups excluding carboxylic acids is 1. The average Bonchev–Trinajstić information content (AvgIpc) is 2.37. The molecule has 1 N–H and O–H groups in total. The zero-order valence-corrected chi connectivity index (χ0v) is 13.7. The summed E-state index contributed by atoms with van der Waals surface area (Å²) in [6.07, 6.45) is 2.54. The molecule has 2 heteroatoms. The summed E-state index contributed by atoms with van der Waals surface area (Å²) in [5.41, 5.74) is 2.64. The van der Waals surface area contributed by atoms with Gasteiger partial charge in [-0.1, -0.05) is 58.9 Å². The minimum absolute atomic E-state index is 0.115. The van der Waals surface area contributed by atoms with Gasteiger partial charge in [0.25, 0.3) is 0 Å². The van der Waals surface area contributed by atoms with Crippen molar-refractivity contribution in [3.63, 3.8) is 0 Å². The summed E-state index contributed by atoms with van der Waals surface area (Å²) in [7, 11) is 0. The molecule has 1 aromatic rings. The molecule has 20 heavy (non-hydrogen) atoms. The first-order chi connectivity index (χ1) is 9.29. The number of benzene rings is 1. The van der Waals surface area contributed by atoms with Gasteiger partial charge in [-0.15, -0.1) is 0 Å². The molecule has 0 fully saturated rings. The first kappa shape index (κ1) is 18.4. The van der Waals surface area contributed by atoms with Crippen molar-refractivity contribution >= 4 is 5.78 Å². The van der Waals surface area contributed by atoms with Crippen molar-refractivity contribution in [2.75, 3.05) is 0 Å². The van der Waals surface area contributed by atoms with Gasteiger partial charge in [0.1, 0.15) is 0 Å². The highest BCUT2D eigenvalue weighted by atomic mass is 16.3. The Labute approximate surface area is 123 Å². The van der Waals surface area contributed by atoms with Crippen molar-refractivity contribution in [2.24, 2.45) is 0 Å². The SMILES string of the molecule is CC.CC(=O)/C=C(\O)CCc1ccc(C(C)(C)C)cc1. The van der Waals surface area contributed by atoms with Gasteiger partial charge >= 0.3 is 0 Å². The third-order valence-electron chi connectivity index (χ3n) is 2.86. The summed E-state index contributed by atoms with van der Waals surface area (Å²) in [5.74, 6) is 0.0398. The highest BCUT2D eigenvalue weighted by Crippen LogP contribution is 2.22. The summed E-state index contributed by atoms with van der Waals surface area (Å²) in [6, 6.07) is 8.42. The van der Waals surface area contributed by atoms with Gasteiger partial charge in [0, 0.05) is 12.5 Å². The fraction of sp³-hybridized carbons (Fsp3) is 0.500. The van der Waals surface area contributed by atoms with Crippen LogP contribution in [0.15, 0.2) is 36.1 Å². The maximum absolute atomic E-state index is 10.8. The van der Waals surface area contributed by atoms with Crippen LogP contribution in [-0.4, -0.2) is 10.9 Å². The molecule has 0 radical (unpaired) electrons. The Morgan fingerprint density at radius 3 is 2.05 bits per heavy atom. The van der Waals surface area contributed by atoms with Crippen LogP contribution in [0, 0.1) is 0 Å². The smallest absolute Gasteiger partial charge is 0.155 e. The topological polar surface area (TPSA) is 37.3 Å². The zero-order chi connectivity index (χ0) is 15.8.